The van der Waals surface area contributed by atoms with Crippen molar-refractivity contribution in [3.63, 3.8) is 0 Å². The molecular formula is C24H24N4O3. The van der Waals surface area contributed by atoms with Crippen molar-refractivity contribution in [1.82, 2.24) is 19.7 Å². The molecule has 0 radical (unpaired) electrons. The fourth-order valence-electron chi connectivity index (χ4n) is 4.43. The van der Waals surface area contributed by atoms with Gasteiger partial charge < -0.3 is 9.73 Å². The van der Waals surface area contributed by atoms with Crippen LogP contribution in [0, 0.1) is 13.8 Å². The Labute approximate surface area is 179 Å². The zero-order valence-electron chi connectivity index (χ0n) is 17.6. The second-order valence-corrected chi connectivity index (χ2v) is 8.11. The Kier molecular flexibility index (Phi) is 4.73. The summed E-state index contributed by atoms with van der Waals surface area (Å²) in [5, 5.41) is 7.76. The molecule has 2 heterocycles. The third-order valence-electron chi connectivity index (χ3n) is 6.20. The lowest BCUT2D eigenvalue weighted by atomic mass is 9.92. The number of benzene rings is 2. The predicted octanol–water partition coefficient (Wildman–Crippen LogP) is 3.59. The van der Waals surface area contributed by atoms with Gasteiger partial charge in [0.25, 0.3) is 0 Å². The first-order valence-corrected chi connectivity index (χ1v) is 10.5. The van der Waals surface area contributed by atoms with Crippen LogP contribution in [0.2, 0.25) is 0 Å². The highest BCUT2D eigenvalue weighted by Gasteiger charge is 2.27. The second kappa shape index (κ2) is 7.58. The van der Waals surface area contributed by atoms with E-state index in [-0.39, 0.29) is 18.5 Å². The van der Waals surface area contributed by atoms with E-state index in [9.17, 15) is 9.59 Å². The van der Waals surface area contributed by atoms with Crippen molar-refractivity contribution in [2.75, 3.05) is 0 Å². The monoisotopic (exact) mass is 416 g/mol. The van der Waals surface area contributed by atoms with Gasteiger partial charge in [-0.15, -0.1) is 0 Å². The van der Waals surface area contributed by atoms with Gasteiger partial charge in [0.2, 0.25) is 5.91 Å². The van der Waals surface area contributed by atoms with Gasteiger partial charge in [-0.1, -0.05) is 24.3 Å². The van der Waals surface area contributed by atoms with Crippen molar-refractivity contribution in [3.8, 4) is 5.69 Å². The van der Waals surface area contributed by atoms with Crippen LogP contribution in [0.5, 0.6) is 0 Å². The lowest BCUT2D eigenvalue weighted by molar-refractivity contribution is -0.122. The summed E-state index contributed by atoms with van der Waals surface area (Å²) in [6.07, 6.45) is 4.59. The van der Waals surface area contributed by atoms with Crippen LogP contribution in [0.25, 0.3) is 16.8 Å². The molecule has 0 aliphatic heterocycles. The molecule has 7 heteroatoms. The van der Waals surface area contributed by atoms with Crippen molar-refractivity contribution < 1.29 is 9.21 Å². The molecule has 4 aromatic rings. The maximum Gasteiger partial charge on any atom is 0.420 e. The molecule has 7 nitrogen and oxygen atoms in total. The molecule has 0 fully saturated rings. The van der Waals surface area contributed by atoms with E-state index >= 15 is 0 Å². The van der Waals surface area contributed by atoms with Gasteiger partial charge in [0.15, 0.2) is 5.58 Å². The molecule has 158 valence electrons. The van der Waals surface area contributed by atoms with E-state index in [1.807, 2.05) is 23.0 Å². The minimum atomic E-state index is -0.525. The Morgan fingerprint density at radius 1 is 1.19 bits per heavy atom. The third-order valence-corrected chi connectivity index (χ3v) is 6.20. The molecule has 0 saturated heterocycles. The summed E-state index contributed by atoms with van der Waals surface area (Å²) in [6.45, 7) is 4.12. The molecule has 0 bridgehead atoms. The topological polar surface area (TPSA) is 82.1 Å². The number of amides is 1. The number of fused-ring (bicyclic) bond motifs is 2. The number of aryl methyl sites for hydroxylation is 1. The van der Waals surface area contributed by atoms with Crippen LogP contribution in [0.3, 0.4) is 0 Å². The van der Waals surface area contributed by atoms with Gasteiger partial charge in [-0.05, 0) is 62.4 Å². The van der Waals surface area contributed by atoms with Gasteiger partial charge in [-0.3, -0.25) is 9.36 Å². The molecule has 1 atom stereocenters. The summed E-state index contributed by atoms with van der Waals surface area (Å²) in [4.78, 5) is 25.0. The van der Waals surface area contributed by atoms with Gasteiger partial charge in [-0.25, -0.2) is 9.48 Å². The summed E-state index contributed by atoms with van der Waals surface area (Å²) in [5.41, 5.74) is 6.78. The molecule has 1 aliphatic rings. The van der Waals surface area contributed by atoms with Crippen LogP contribution in [0.15, 0.2) is 57.9 Å². The Balaban J connectivity index is 1.40. The molecule has 1 aliphatic carbocycles. The Morgan fingerprint density at radius 3 is 2.90 bits per heavy atom. The molecule has 0 spiro atoms. The van der Waals surface area contributed by atoms with Crippen molar-refractivity contribution in [2.24, 2.45) is 0 Å². The minimum absolute atomic E-state index is 0.0766. The summed E-state index contributed by atoms with van der Waals surface area (Å²) in [6, 6.07) is 13.2. The Bertz CT molecular complexity index is 1340. The number of nitrogens with zero attached hydrogens (tertiary/aromatic N) is 3. The number of nitrogens with one attached hydrogen (secondary N) is 1. The normalized spacial score (nSPS) is 15.7. The van der Waals surface area contributed by atoms with Crippen LogP contribution >= 0.6 is 0 Å². The highest BCUT2D eigenvalue weighted by atomic mass is 16.4. The van der Waals surface area contributed by atoms with E-state index < -0.39 is 5.76 Å². The molecule has 2 aromatic carbocycles. The van der Waals surface area contributed by atoms with Crippen LogP contribution < -0.4 is 11.1 Å². The average Bonchev–Trinajstić information content (AvgIpc) is 3.32. The second-order valence-electron chi connectivity index (χ2n) is 8.11. The number of hydrogen-bond acceptors (Lipinski definition) is 4. The smallest absolute Gasteiger partial charge is 0.408 e. The summed E-state index contributed by atoms with van der Waals surface area (Å²) in [7, 11) is 0. The van der Waals surface area contributed by atoms with Crippen molar-refractivity contribution in [2.45, 2.75) is 45.7 Å². The summed E-state index contributed by atoms with van der Waals surface area (Å²) in [5.74, 6) is -0.741. The van der Waals surface area contributed by atoms with E-state index in [0.29, 0.717) is 11.1 Å². The van der Waals surface area contributed by atoms with E-state index in [0.717, 1.165) is 36.2 Å². The van der Waals surface area contributed by atoms with Crippen LogP contribution in [-0.2, 0) is 17.8 Å². The molecule has 5 rings (SSSR count). The van der Waals surface area contributed by atoms with Crippen molar-refractivity contribution >= 4 is 17.0 Å². The SMILES string of the molecule is Cc1cccc(-n2ncc3c2CCC[C@H]3NC(=O)Cn2c(=O)oc3ccccc32)c1C. The number of carbonyl (C=O) groups is 1. The Morgan fingerprint density at radius 2 is 2.03 bits per heavy atom. The van der Waals surface area contributed by atoms with E-state index in [2.05, 4.69) is 36.4 Å². The van der Waals surface area contributed by atoms with Crippen molar-refractivity contribution in [3.05, 3.63) is 81.6 Å². The van der Waals surface area contributed by atoms with Gasteiger partial charge in [0, 0.05) is 11.3 Å². The largest absolute Gasteiger partial charge is 0.420 e. The fraction of sp³-hybridized carbons (Fsp3) is 0.292. The number of hydrogen-bond donors (Lipinski definition) is 1. The fourth-order valence-corrected chi connectivity index (χ4v) is 4.43. The van der Waals surface area contributed by atoms with Gasteiger partial charge >= 0.3 is 5.76 Å². The molecule has 2 aromatic heterocycles. The first kappa shape index (κ1) is 19.4. The summed E-state index contributed by atoms with van der Waals surface area (Å²) >= 11 is 0. The average molecular weight is 416 g/mol. The first-order chi connectivity index (χ1) is 15.0. The van der Waals surface area contributed by atoms with Gasteiger partial charge in [0.1, 0.15) is 6.54 Å². The number of rotatable bonds is 4. The molecule has 0 saturated carbocycles. The highest BCUT2D eigenvalue weighted by Crippen LogP contribution is 2.32. The van der Waals surface area contributed by atoms with E-state index in [1.54, 1.807) is 18.2 Å². The van der Waals surface area contributed by atoms with Gasteiger partial charge in [0.05, 0.1) is 23.4 Å². The third kappa shape index (κ3) is 3.36. The first-order valence-electron chi connectivity index (χ1n) is 10.5. The predicted molar refractivity (Wildman–Crippen MR) is 117 cm³/mol. The maximum atomic E-state index is 12.8. The van der Waals surface area contributed by atoms with Crippen LogP contribution in [0.4, 0.5) is 0 Å². The van der Waals surface area contributed by atoms with Crippen LogP contribution in [0.1, 0.15) is 41.3 Å². The zero-order valence-corrected chi connectivity index (χ0v) is 17.6. The van der Waals surface area contributed by atoms with Crippen LogP contribution in [-0.4, -0.2) is 20.3 Å². The minimum Gasteiger partial charge on any atom is -0.408 e. The summed E-state index contributed by atoms with van der Waals surface area (Å²) < 4.78 is 8.61. The van der Waals surface area contributed by atoms with Gasteiger partial charge in [-0.2, -0.15) is 5.10 Å². The van der Waals surface area contributed by atoms with E-state index in [1.165, 1.54) is 15.7 Å². The Hall–Kier alpha value is -3.61. The highest BCUT2D eigenvalue weighted by molar-refractivity contribution is 5.79. The lowest BCUT2D eigenvalue weighted by Crippen LogP contribution is -2.35. The zero-order chi connectivity index (χ0) is 21.5. The number of para-hydroxylation sites is 2. The lowest BCUT2D eigenvalue weighted by Gasteiger charge is -2.24. The quantitative estimate of drug-likeness (QED) is 0.551. The number of carbonyl (C=O) groups excluding carboxylic acids is 1. The number of oxazole rings is 1. The van der Waals surface area contributed by atoms with E-state index in [4.69, 9.17) is 4.42 Å². The molecule has 31 heavy (non-hydrogen) atoms. The maximum absolute atomic E-state index is 12.8. The molecule has 1 amide bonds. The molecular weight excluding hydrogens is 392 g/mol. The standard InChI is InChI=1S/C24H24N4O3/c1-15-7-5-10-19(16(15)2)28-20-11-6-8-18(17(20)13-25-28)26-23(29)14-27-21-9-3-4-12-22(21)31-24(27)30/h3-5,7,9-10,12-13,18H,6,8,11,14H2,1-2H3,(H,26,29)/t18-/m1/s1. The van der Waals surface area contributed by atoms with Crippen molar-refractivity contribution in [1.29, 1.82) is 0 Å². The molecule has 0 unspecified atom stereocenters. The number of aromatic nitrogens is 3. The molecule has 1 N–H and O–H groups in total.